The maximum absolute atomic E-state index is 13.4. The van der Waals surface area contributed by atoms with Crippen molar-refractivity contribution in [1.29, 1.82) is 0 Å². The molecule has 2 rings (SSSR count). The molecule has 0 atom stereocenters. The monoisotopic (exact) mass is 275 g/mol. The van der Waals surface area contributed by atoms with Crippen LogP contribution in [0, 0.1) is 11.7 Å². The molecule has 0 fully saturated rings. The van der Waals surface area contributed by atoms with E-state index in [4.69, 9.17) is 10.5 Å². The van der Waals surface area contributed by atoms with Gasteiger partial charge in [-0.2, -0.15) is 0 Å². The first kappa shape index (κ1) is 14.2. The fourth-order valence-electron chi connectivity index (χ4n) is 1.97. The molecule has 0 saturated heterocycles. The summed E-state index contributed by atoms with van der Waals surface area (Å²) in [5, 5.41) is 0. The molecule has 4 nitrogen and oxygen atoms in total. The van der Waals surface area contributed by atoms with Crippen LogP contribution in [0.2, 0.25) is 0 Å². The number of hydrogen-bond donors (Lipinski definition) is 1. The van der Waals surface area contributed by atoms with E-state index in [1.54, 1.807) is 18.2 Å². The van der Waals surface area contributed by atoms with E-state index in [1.165, 1.54) is 13.2 Å². The van der Waals surface area contributed by atoms with Crippen molar-refractivity contribution in [2.75, 3.05) is 12.8 Å². The van der Waals surface area contributed by atoms with Crippen LogP contribution in [0.15, 0.2) is 24.3 Å². The molecule has 0 aliphatic heterocycles. The Hall–Kier alpha value is -2.17. The molecular weight excluding hydrogens is 257 g/mol. The fraction of sp³-hybridized carbons (Fsp3) is 0.333. The fourth-order valence-corrected chi connectivity index (χ4v) is 1.97. The summed E-state index contributed by atoms with van der Waals surface area (Å²) in [6.07, 6.45) is 0.818. The zero-order valence-corrected chi connectivity index (χ0v) is 11.9. The highest BCUT2D eigenvalue weighted by Crippen LogP contribution is 2.25. The zero-order valence-electron chi connectivity index (χ0n) is 11.9. The number of benzene rings is 1. The van der Waals surface area contributed by atoms with Gasteiger partial charge in [-0.25, -0.2) is 14.4 Å². The average Bonchev–Trinajstić information content (AvgIpc) is 2.37. The lowest BCUT2D eigenvalue weighted by Crippen LogP contribution is -2.03. The molecule has 0 radical (unpaired) electrons. The van der Waals surface area contributed by atoms with Crippen LogP contribution in [0.3, 0.4) is 0 Å². The number of hydrogen-bond acceptors (Lipinski definition) is 4. The molecule has 5 heteroatoms. The van der Waals surface area contributed by atoms with Gasteiger partial charge in [0.25, 0.3) is 0 Å². The van der Waals surface area contributed by atoms with Crippen molar-refractivity contribution in [2.45, 2.75) is 20.3 Å². The molecule has 1 aromatic heterocycles. The van der Waals surface area contributed by atoms with Crippen LogP contribution in [0.4, 0.5) is 10.2 Å². The second kappa shape index (κ2) is 5.86. The average molecular weight is 275 g/mol. The number of rotatable bonds is 4. The summed E-state index contributed by atoms with van der Waals surface area (Å²) >= 11 is 0. The minimum absolute atomic E-state index is 0.166. The Morgan fingerprint density at radius 3 is 2.65 bits per heavy atom. The highest BCUT2D eigenvalue weighted by molar-refractivity contribution is 5.59. The topological polar surface area (TPSA) is 61.0 Å². The van der Waals surface area contributed by atoms with Gasteiger partial charge in [0.15, 0.2) is 17.4 Å². The number of nitrogens with zero attached hydrogens (tertiary/aromatic N) is 2. The smallest absolute Gasteiger partial charge is 0.165 e. The predicted octanol–water partition coefficient (Wildman–Crippen LogP) is 3.07. The first-order valence-corrected chi connectivity index (χ1v) is 6.47. The summed E-state index contributed by atoms with van der Waals surface area (Å²) in [5.74, 6) is 1.12. The van der Waals surface area contributed by atoms with Gasteiger partial charge < -0.3 is 10.5 Å². The van der Waals surface area contributed by atoms with Gasteiger partial charge in [-0.3, -0.25) is 0 Å². The van der Waals surface area contributed by atoms with E-state index in [9.17, 15) is 4.39 Å². The van der Waals surface area contributed by atoms with Crippen LogP contribution in [0.25, 0.3) is 11.4 Å². The summed E-state index contributed by atoms with van der Waals surface area (Å²) in [5.41, 5.74) is 7.38. The van der Waals surface area contributed by atoms with Gasteiger partial charge in [-0.15, -0.1) is 0 Å². The number of halogens is 1. The molecule has 0 bridgehead atoms. The maximum Gasteiger partial charge on any atom is 0.165 e. The van der Waals surface area contributed by atoms with Gasteiger partial charge in [0.05, 0.1) is 7.11 Å². The molecule has 2 N–H and O–H groups in total. The lowest BCUT2D eigenvalue weighted by molar-refractivity contribution is 0.386. The third kappa shape index (κ3) is 3.23. The van der Waals surface area contributed by atoms with E-state index >= 15 is 0 Å². The van der Waals surface area contributed by atoms with E-state index in [-0.39, 0.29) is 5.75 Å². The van der Waals surface area contributed by atoms with E-state index in [0.717, 1.165) is 12.1 Å². The van der Waals surface area contributed by atoms with Crippen LogP contribution in [-0.4, -0.2) is 17.1 Å². The van der Waals surface area contributed by atoms with Crippen LogP contribution >= 0.6 is 0 Å². The van der Waals surface area contributed by atoms with Crippen molar-refractivity contribution in [2.24, 2.45) is 5.92 Å². The van der Waals surface area contributed by atoms with E-state index in [1.807, 2.05) is 0 Å². The summed E-state index contributed by atoms with van der Waals surface area (Å²) in [7, 11) is 1.42. The molecule has 0 unspecified atom stereocenters. The molecule has 20 heavy (non-hydrogen) atoms. The first-order chi connectivity index (χ1) is 9.49. The van der Waals surface area contributed by atoms with Gasteiger partial charge >= 0.3 is 0 Å². The number of anilines is 1. The molecule has 0 aliphatic rings. The number of nitrogens with two attached hydrogens (primary N) is 1. The second-order valence-electron chi connectivity index (χ2n) is 5.06. The molecule has 106 valence electrons. The number of ether oxygens (including phenoxy) is 1. The quantitative estimate of drug-likeness (QED) is 0.931. The number of nitrogen functional groups attached to an aromatic ring is 1. The van der Waals surface area contributed by atoms with Gasteiger partial charge in [-0.05, 0) is 30.5 Å². The normalized spacial score (nSPS) is 10.8. The van der Waals surface area contributed by atoms with Gasteiger partial charge in [0.1, 0.15) is 5.82 Å². The summed E-state index contributed by atoms with van der Waals surface area (Å²) in [4.78, 5) is 8.69. The Bertz CT molecular complexity index is 614. The standard InChI is InChI=1S/C15H18FN3O/c1-9(2)6-11-8-14(17)19-15(18-11)10-4-5-12(16)13(7-10)20-3/h4-5,7-9H,6H2,1-3H3,(H2,17,18,19). The molecule has 0 aliphatic carbocycles. The van der Waals surface area contributed by atoms with Gasteiger partial charge in [0.2, 0.25) is 0 Å². The third-order valence-corrected chi connectivity index (χ3v) is 2.83. The minimum Gasteiger partial charge on any atom is -0.494 e. The van der Waals surface area contributed by atoms with E-state index in [2.05, 4.69) is 23.8 Å². The van der Waals surface area contributed by atoms with Crippen LogP contribution in [0.5, 0.6) is 5.75 Å². The van der Waals surface area contributed by atoms with Crippen molar-refractivity contribution >= 4 is 5.82 Å². The third-order valence-electron chi connectivity index (χ3n) is 2.83. The summed E-state index contributed by atoms with van der Waals surface area (Å²) in [6.45, 7) is 4.22. The van der Waals surface area contributed by atoms with Crippen molar-refractivity contribution in [3.63, 3.8) is 0 Å². The highest BCUT2D eigenvalue weighted by atomic mass is 19.1. The lowest BCUT2D eigenvalue weighted by Gasteiger charge is -2.09. The molecule has 0 saturated carbocycles. The van der Waals surface area contributed by atoms with Crippen LogP contribution in [-0.2, 0) is 6.42 Å². The van der Waals surface area contributed by atoms with Crippen molar-refractivity contribution < 1.29 is 9.13 Å². The Balaban J connectivity index is 2.44. The van der Waals surface area contributed by atoms with Crippen LogP contribution < -0.4 is 10.5 Å². The van der Waals surface area contributed by atoms with Gasteiger partial charge in [0, 0.05) is 17.3 Å². The molecule has 2 aromatic rings. The first-order valence-electron chi connectivity index (χ1n) is 6.47. The molecule has 0 amide bonds. The van der Waals surface area contributed by atoms with Crippen molar-refractivity contribution in [3.8, 4) is 17.1 Å². The highest BCUT2D eigenvalue weighted by Gasteiger charge is 2.10. The second-order valence-corrected chi connectivity index (χ2v) is 5.06. The summed E-state index contributed by atoms with van der Waals surface area (Å²) < 4.78 is 18.4. The van der Waals surface area contributed by atoms with E-state index in [0.29, 0.717) is 23.1 Å². The Kier molecular flexibility index (Phi) is 4.17. The molecule has 0 spiro atoms. The lowest BCUT2D eigenvalue weighted by atomic mass is 10.1. The number of methoxy groups -OCH3 is 1. The van der Waals surface area contributed by atoms with E-state index < -0.39 is 5.82 Å². The summed E-state index contributed by atoms with van der Waals surface area (Å²) in [6, 6.07) is 6.29. The Morgan fingerprint density at radius 1 is 1.25 bits per heavy atom. The molecular formula is C15H18FN3O. The minimum atomic E-state index is -0.414. The zero-order chi connectivity index (χ0) is 14.7. The Labute approximate surface area is 117 Å². The maximum atomic E-state index is 13.4. The molecule has 1 heterocycles. The van der Waals surface area contributed by atoms with Crippen molar-refractivity contribution in [1.82, 2.24) is 9.97 Å². The Morgan fingerprint density at radius 2 is 2.00 bits per heavy atom. The van der Waals surface area contributed by atoms with Gasteiger partial charge in [-0.1, -0.05) is 13.8 Å². The SMILES string of the molecule is COc1cc(-c2nc(N)cc(CC(C)C)n2)ccc1F. The molecule has 1 aromatic carbocycles. The predicted molar refractivity (Wildman–Crippen MR) is 76.9 cm³/mol. The largest absolute Gasteiger partial charge is 0.494 e. The number of aromatic nitrogens is 2. The van der Waals surface area contributed by atoms with Crippen molar-refractivity contribution in [3.05, 3.63) is 35.8 Å². The van der Waals surface area contributed by atoms with Crippen LogP contribution in [0.1, 0.15) is 19.5 Å².